The monoisotopic (exact) mass is 593 g/mol. The Morgan fingerprint density at radius 3 is 2.07 bits per heavy atom. The third kappa shape index (κ3) is 10.8. The van der Waals surface area contributed by atoms with Crippen molar-refractivity contribution in [3.63, 3.8) is 0 Å². The Bertz CT molecular complexity index is 1100. The van der Waals surface area contributed by atoms with Gasteiger partial charge in [0.15, 0.2) is 0 Å². The summed E-state index contributed by atoms with van der Waals surface area (Å²) in [5, 5.41) is 10.0. The van der Waals surface area contributed by atoms with Crippen molar-refractivity contribution in [1.82, 2.24) is 14.8 Å². The predicted octanol–water partition coefficient (Wildman–Crippen LogP) is 9.00. The standard InChI is InChI=1S/C20H25N3O.C18H38O/c1-4-23(5-2)20(24)14-9-16-15-7-6-8-17-19(15)13(11-21-17)10-18(16)22(3)12-14;1-18(2)16-14-12-10-8-6-4-3-5-7-9-11-13-15-17-19/h6-9,11,14,18,21H,4-5,10,12H2,1-3H3;18-19H,3-17H2,1-2H3/t14-,18-;/m1./s1. The lowest BCUT2D eigenvalue weighted by Crippen LogP contribution is -2.47. The number of rotatable bonds is 18. The van der Waals surface area contributed by atoms with E-state index in [1.165, 1.54) is 111 Å². The predicted molar refractivity (Wildman–Crippen MR) is 184 cm³/mol. The number of nitrogens with one attached hydrogen (secondary N) is 1. The molecule has 2 N–H and O–H groups in total. The Kier molecular flexibility index (Phi) is 15.9. The highest BCUT2D eigenvalue weighted by atomic mass is 16.2. The van der Waals surface area contributed by atoms with Crippen molar-refractivity contribution in [3.05, 3.63) is 41.6 Å². The summed E-state index contributed by atoms with van der Waals surface area (Å²) in [5.74, 6) is 1.10. The number of aliphatic hydroxyl groups excluding tert-OH is 1. The number of aromatic nitrogens is 1. The van der Waals surface area contributed by atoms with Crippen LogP contribution < -0.4 is 0 Å². The molecule has 1 aromatic carbocycles. The lowest BCUT2D eigenvalue weighted by Gasteiger charge is -2.40. The van der Waals surface area contributed by atoms with Crippen LogP contribution in [0.3, 0.4) is 0 Å². The van der Waals surface area contributed by atoms with E-state index in [1.54, 1.807) is 0 Å². The fourth-order valence-electron chi connectivity index (χ4n) is 6.98. The van der Waals surface area contributed by atoms with Crippen LogP contribution in [0.15, 0.2) is 30.5 Å². The number of carbonyl (C=O) groups is 1. The molecule has 1 aliphatic heterocycles. The fourth-order valence-corrected chi connectivity index (χ4v) is 6.98. The molecule has 5 heteroatoms. The summed E-state index contributed by atoms with van der Waals surface area (Å²) >= 11 is 0. The van der Waals surface area contributed by atoms with Gasteiger partial charge in [-0.1, -0.05) is 116 Å². The van der Waals surface area contributed by atoms with E-state index in [2.05, 4.69) is 75.1 Å². The molecule has 0 bridgehead atoms. The second-order valence-electron chi connectivity index (χ2n) is 13.4. The van der Waals surface area contributed by atoms with Gasteiger partial charge in [0, 0.05) is 49.4 Å². The molecule has 2 aromatic rings. The molecular weight excluding hydrogens is 530 g/mol. The van der Waals surface area contributed by atoms with Gasteiger partial charge in [-0.25, -0.2) is 0 Å². The van der Waals surface area contributed by atoms with Crippen LogP contribution in [0.5, 0.6) is 0 Å². The molecule has 43 heavy (non-hydrogen) atoms. The van der Waals surface area contributed by atoms with E-state index in [4.69, 9.17) is 5.11 Å². The van der Waals surface area contributed by atoms with Gasteiger partial charge in [-0.15, -0.1) is 0 Å². The van der Waals surface area contributed by atoms with Crippen molar-refractivity contribution < 1.29 is 9.90 Å². The topological polar surface area (TPSA) is 59.6 Å². The SMILES string of the molecule is CC(C)CCCCCCCCCCCCCCCO.CCN(CC)C(=O)[C@@H]1C=C2c3cccc4[nH]cc(c34)C[C@H]2N(C)C1. The Labute approximate surface area is 263 Å². The Morgan fingerprint density at radius 1 is 0.930 bits per heavy atom. The molecule has 5 nitrogen and oxygen atoms in total. The van der Waals surface area contributed by atoms with Crippen LogP contribution in [-0.2, 0) is 11.2 Å². The summed E-state index contributed by atoms with van der Waals surface area (Å²) in [6.45, 7) is 11.5. The van der Waals surface area contributed by atoms with Crippen LogP contribution in [0, 0.1) is 11.8 Å². The minimum Gasteiger partial charge on any atom is -0.396 e. The highest BCUT2D eigenvalue weighted by molar-refractivity contribution is 5.99. The Balaban J connectivity index is 0.000000244. The summed E-state index contributed by atoms with van der Waals surface area (Å²) in [4.78, 5) is 20.6. The molecule has 4 rings (SSSR count). The lowest BCUT2D eigenvalue weighted by molar-refractivity contribution is -0.134. The van der Waals surface area contributed by atoms with E-state index >= 15 is 0 Å². The largest absolute Gasteiger partial charge is 0.396 e. The van der Waals surface area contributed by atoms with Gasteiger partial charge in [0.2, 0.25) is 5.91 Å². The van der Waals surface area contributed by atoms with E-state index in [-0.39, 0.29) is 11.8 Å². The van der Waals surface area contributed by atoms with Crippen molar-refractivity contribution >= 4 is 22.4 Å². The number of likely N-dealkylation sites (N-methyl/N-ethyl adjacent to an activating group) is 1. The van der Waals surface area contributed by atoms with Crippen molar-refractivity contribution in [2.75, 3.05) is 33.3 Å². The van der Waals surface area contributed by atoms with E-state index < -0.39 is 0 Å². The van der Waals surface area contributed by atoms with Gasteiger partial charge >= 0.3 is 0 Å². The zero-order chi connectivity index (χ0) is 31.0. The number of fused-ring (bicyclic) bond motifs is 2. The number of nitrogens with zero attached hydrogens (tertiary/aromatic N) is 2. The van der Waals surface area contributed by atoms with E-state index in [9.17, 15) is 4.79 Å². The maximum atomic E-state index is 12.9. The smallest absolute Gasteiger partial charge is 0.230 e. The van der Waals surface area contributed by atoms with E-state index in [0.29, 0.717) is 12.6 Å². The number of unbranched alkanes of at least 4 members (excludes halogenated alkanes) is 12. The molecule has 0 fully saturated rings. The van der Waals surface area contributed by atoms with Crippen molar-refractivity contribution in [2.24, 2.45) is 11.8 Å². The summed E-state index contributed by atoms with van der Waals surface area (Å²) in [6, 6.07) is 6.82. The first kappa shape index (κ1) is 35.4. The maximum absolute atomic E-state index is 12.9. The molecule has 1 aromatic heterocycles. The number of aromatic amines is 1. The zero-order valence-electron chi connectivity index (χ0n) is 28.3. The van der Waals surface area contributed by atoms with Crippen LogP contribution in [0.2, 0.25) is 0 Å². The van der Waals surface area contributed by atoms with E-state index in [1.807, 2.05) is 4.90 Å². The quantitative estimate of drug-likeness (QED) is 0.170. The number of carbonyl (C=O) groups excluding carboxylic acids is 1. The molecule has 0 unspecified atom stereocenters. The fraction of sp³-hybridized carbons (Fsp3) is 0.711. The number of H-pyrrole nitrogens is 1. The van der Waals surface area contributed by atoms with Gasteiger partial charge < -0.3 is 15.0 Å². The summed E-state index contributed by atoms with van der Waals surface area (Å²) in [6.07, 6.45) is 24.7. The number of hydrogen-bond acceptors (Lipinski definition) is 3. The maximum Gasteiger partial charge on any atom is 0.230 e. The van der Waals surface area contributed by atoms with Crippen LogP contribution in [0.25, 0.3) is 16.5 Å². The molecule has 0 saturated heterocycles. The first-order chi connectivity index (χ1) is 20.9. The van der Waals surface area contributed by atoms with Crippen LogP contribution >= 0.6 is 0 Å². The van der Waals surface area contributed by atoms with Gasteiger partial charge in [0.05, 0.1) is 5.92 Å². The molecule has 0 saturated carbocycles. The Hall–Kier alpha value is -2.11. The van der Waals surface area contributed by atoms with Gasteiger partial charge in [0.25, 0.3) is 0 Å². The normalized spacial score (nSPS) is 17.9. The van der Waals surface area contributed by atoms with Gasteiger partial charge in [-0.2, -0.15) is 0 Å². The molecule has 0 radical (unpaired) electrons. The molecule has 1 aliphatic carbocycles. The number of amides is 1. The highest BCUT2D eigenvalue weighted by Gasteiger charge is 2.36. The zero-order valence-corrected chi connectivity index (χ0v) is 28.3. The van der Waals surface area contributed by atoms with Crippen molar-refractivity contribution in [3.8, 4) is 0 Å². The third-order valence-electron chi connectivity index (χ3n) is 9.60. The molecule has 2 heterocycles. The second-order valence-corrected chi connectivity index (χ2v) is 13.4. The molecule has 1 amide bonds. The van der Waals surface area contributed by atoms with Gasteiger partial charge in [0.1, 0.15) is 0 Å². The average molecular weight is 594 g/mol. The molecular formula is C38H63N3O2. The van der Waals surface area contributed by atoms with Crippen LogP contribution in [0.4, 0.5) is 0 Å². The third-order valence-corrected chi connectivity index (χ3v) is 9.60. The molecule has 2 aliphatic rings. The highest BCUT2D eigenvalue weighted by Crippen LogP contribution is 2.41. The number of aliphatic hydroxyl groups is 1. The first-order valence-electron chi connectivity index (χ1n) is 17.8. The number of hydrogen-bond donors (Lipinski definition) is 2. The minimum atomic E-state index is -0.0445. The lowest BCUT2D eigenvalue weighted by atomic mass is 9.79. The molecule has 242 valence electrons. The van der Waals surface area contributed by atoms with E-state index in [0.717, 1.165) is 38.4 Å². The van der Waals surface area contributed by atoms with Crippen molar-refractivity contribution in [2.45, 2.75) is 130 Å². The Morgan fingerprint density at radius 2 is 1.51 bits per heavy atom. The minimum absolute atomic E-state index is 0.0445. The number of benzene rings is 1. The van der Waals surface area contributed by atoms with Gasteiger partial charge in [-0.05, 0) is 62.4 Å². The summed E-state index contributed by atoms with van der Waals surface area (Å²) in [5.41, 5.74) is 5.21. The van der Waals surface area contributed by atoms with Crippen molar-refractivity contribution in [1.29, 1.82) is 0 Å². The summed E-state index contributed by atoms with van der Waals surface area (Å²) in [7, 11) is 2.15. The summed E-state index contributed by atoms with van der Waals surface area (Å²) < 4.78 is 0. The van der Waals surface area contributed by atoms with Gasteiger partial charge in [-0.3, -0.25) is 9.69 Å². The molecule has 2 atom stereocenters. The molecule has 0 spiro atoms. The first-order valence-corrected chi connectivity index (χ1v) is 17.8. The average Bonchev–Trinajstić information content (AvgIpc) is 3.42. The van der Waals surface area contributed by atoms with Crippen LogP contribution in [0.1, 0.15) is 129 Å². The second kappa shape index (κ2) is 19.3. The van der Waals surface area contributed by atoms with Crippen LogP contribution in [-0.4, -0.2) is 65.1 Å².